The molecule has 2 aromatic heterocycles. The second-order valence-corrected chi connectivity index (χ2v) is 9.48. The zero-order chi connectivity index (χ0) is 21.0. The van der Waals surface area contributed by atoms with Crippen LogP contribution >= 0.6 is 11.3 Å². The number of hydrogen-bond acceptors (Lipinski definition) is 5. The number of nitrogens with one attached hydrogen (secondary N) is 2. The van der Waals surface area contributed by atoms with Gasteiger partial charge in [0.15, 0.2) is 0 Å². The Morgan fingerprint density at radius 3 is 2.90 bits per heavy atom. The SMILES string of the molecule is CCCCCCNC(=O)[C@@H]1CCCN([C@H](C)c2nc3sc(C)c(C)c3c(=O)[nH]2)C1. The highest BCUT2D eigenvalue weighted by Crippen LogP contribution is 2.29. The van der Waals surface area contributed by atoms with E-state index in [1.165, 1.54) is 19.3 Å². The fraction of sp³-hybridized carbons (Fsp3) is 0.682. The van der Waals surface area contributed by atoms with Crippen molar-refractivity contribution in [2.75, 3.05) is 19.6 Å². The summed E-state index contributed by atoms with van der Waals surface area (Å²) in [5.74, 6) is 0.878. The van der Waals surface area contributed by atoms with Crippen molar-refractivity contribution >= 4 is 27.5 Å². The third-order valence-electron chi connectivity index (χ3n) is 6.15. The van der Waals surface area contributed by atoms with Gasteiger partial charge in [0, 0.05) is 18.0 Å². The van der Waals surface area contributed by atoms with Crippen LogP contribution in [-0.2, 0) is 4.79 Å². The van der Waals surface area contributed by atoms with Gasteiger partial charge in [-0.25, -0.2) is 4.98 Å². The molecule has 2 N–H and O–H groups in total. The third kappa shape index (κ3) is 5.07. The lowest BCUT2D eigenvalue weighted by molar-refractivity contribution is -0.127. The van der Waals surface area contributed by atoms with Gasteiger partial charge in [-0.1, -0.05) is 26.2 Å². The lowest BCUT2D eigenvalue weighted by atomic mass is 9.95. The molecule has 2 atom stereocenters. The number of carbonyl (C=O) groups excluding carboxylic acids is 1. The number of carbonyl (C=O) groups is 1. The molecule has 0 bridgehead atoms. The summed E-state index contributed by atoms with van der Waals surface area (Å²) in [6.45, 7) is 10.7. The minimum Gasteiger partial charge on any atom is -0.356 e. The summed E-state index contributed by atoms with van der Waals surface area (Å²) in [5, 5.41) is 3.83. The van der Waals surface area contributed by atoms with Crippen molar-refractivity contribution in [3.63, 3.8) is 0 Å². The lowest BCUT2D eigenvalue weighted by Gasteiger charge is -2.35. The number of fused-ring (bicyclic) bond motifs is 1. The van der Waals surface area contributed by atoms with Crippen LogP contribution in [0.3, 0.4) is 0 Å². The summed E-state index contributed by atoms with van der Waals surface area (Å²) in [7, 11) is 0. The van der Waals surface area contributed by atoms with Crippen LogP contribution in [0.2, 0.25) is 0 Å². The van der Waals surface area contributed by atoms with Crippen LogP contribution in [0.25, 0.3) is 10.2 Å². The van der Waals surface area contributed by atoms with Crippen molar-refractivity contribution in [2.45, 2.75) is 72.3 Å². The molecule has 0 spiro atoms. The van der Waals surface area contributed by atoms with Crippen LogP contribution < -0.4 is 10.9 Å². The van der Waals surface area contributed by atoms with E-state index in [1.807, 2.05) is 13.8 Å². The van der Waals surface area contributed by atoms with Gasteiger partial charge in [0.25, 0.3) is 5.56 Å². The van der Waals surface area contributed by atoms with Crippen molar-refractivity contribution < 1.29 is 4.79 Å². The molecule has 0 aliphatic carbocycles. The minimum absolute atomic E-state index is 0.0130. The Balaban J connectivity index is 1.65. The third-order valence-corrected chi connectivity index (χ3v) is 7.26. The van der Waals surface area contributed by atoms with E-state index in [2.05, 4.69) is 29.0 Å². The molecule has 160 valence electrons. The summed E-state index contributed by atoms with van der Waals surface area (Å²) in [6, 6.07) is -0.0185. The topological polar surface area (TPSA) is 78.1 Å². The zero-order valence-electron chi connectivity index (χ0n) is 18.1. The number of aromatic amines is 1. The molecule has 0 saturated carbocycles. The Hall–Kier alpha value is -1.73. The highest BCUT2D eigenvalue weighted by atomic mass is 32.1. The second-order valence-electron chi connectivity index (χ2n) is 8.28. The number of likely N-dealkylation sites (tertiary alicyclic amines) is 1. The van der Waals surface area contributed by atoms with E-state index in [9.17, 15) is 9.59 Å². The molecule has 1 amide bonds. The van der Waals surface area contributed by atoms with Crippen molar-refractivity contribution in [3.05, 3.63) is 26.6 Å². The maximum absolute atomic E-state index is 12.6. The Bertz CT molecular complexity index is 904. The van der Waals surface area contributed by atoms with E-state index in [0.29, 0.717) is 17.8 Å². The first-order valence-electron chi connectivity index (χ1n) is 10.9. The molecule has 2 aromatic rings. The lowest BCUT2D eigenvalue weighted by Crippen LogP contribution is -2.44. The summed E-state index contributed by atoms with van der Waals surface area (Å²) < 4.78 is 0. The molecular weight excluding hydrogens is 384 g/mol. The number of aromatic nitrogens is 2. The van der Waals surface area contributed by atoms with E-state index in [4.69, 9.17) is 4.98 Å². The van der Waals surface area contributed by atoms with E-state index >= 15 is 0 Å². The fourth-order valence-electron chi connectivity index (χ4n) is 4.12. The first-order chi connectivity index (χ1) is 13.9. The van der Waals surface area contributed by atoms with Gasteiger partial charge in [0.2, 0.25) is 5.91 Å². The number of hydrogen-bond donors (Lipinski definition) is 2. The van der Waals surface area contributed by atoms with E-state index in [1.54, 1.807) is 11.3 Å². The van der Waals surface area contributed by atoms with Gasteiger partial charge in [-0.15, -0.1) is 11.3 Å². The average molecular weight is 419 g/mol. The Morgan fingerprint density at radius 1 is 1.34 bits per heavy atom. The first kappa shape index (κ1) is 22.0. The standard InChI is InChI=1S/C22H34N4O2S/c1-5-6-7-8-11-23-20(27)17-10-9-12-26(13-17)15(3)19-24-21(28)18-14(2)16(4)29-22(18)25-19/h15,17H,5-13H2,1-4H3,(H,23,27)(H,24,25,28)/t15-,17-/m1/s1. The highest BCUT2D eigenvalue weighted by Gasteiger charge is 2.29. The molecule has 6 nitrogen and oxygen atoms in total. The van der Waals surface area contributed by atoms with Crippen molar-refractivity contribution in [3.8, 4) is 0 Å². The van der Waals surface area contributed by atoms with Crippen molar-refractivity contribution in [1.29, 1.82) is 0 Å². The maximum atomic E-state index is 12.6. The number of unbranched alkanes of at least 4 members (excludes halogenated alkanes) is 3. The molecule has 1 fully saturated rings. The van der Waals surface area contributed by atoms with Gasteiger partial charge >= 0.3 is 0 Å². The van der Waals surface area contributed by atoms with E-state index < -0.39 is 0 Å². The molecule has 7 heteroatoms. The molecule has 0 radical (unpaired) electrons. The molecule has 0 aromatic carbocycles. The number of piperidine rings is 1. The number of nitrogens with zero attached hydrogens (tertiary/aromatic N) is 2. The molecule has 1 saturated heterocycles. The number of thiophene rings is 1. The molecule has 1 aliphatic rings. The van der Waals surface area contributed by atoms with Crippen LogP contribution in [0.1, 0.15) is 74.7 Å². The van der Waals surface area contributed by atoms with Crippen LogP contribution in [-0.4, -0.2) is 40.4 Å². The summed E-state index contributed by atoms with van der Waals surface area (Å²) >= 11 is 1.58. The van der Waals surface area contributed by atoms with Gasteiger partial charge in [-0.3, -0.25) is 14.5 Å². The molecule has 1 aliphatic heterocycles. The Labute approximate surface area is 177 Å². The van der Waals surface area contributed by atoms with E-state index in [-0.39, 0.29) is 23.4 Å². The largest absolute Gasteiger partial charge is 0.356 e. The molecule has 0 unspecified atom stereocenters. The number of H-pyrrole nitrogens is 1. The number of amides is 1. The highest BCUT2D eigenvalue weighted by molar-refractivity contribution is 7.18. The van der Waals surface area contributed by atoms with Crippen molar-refractivity contribution in [2.24, 2.45) is 5.92 Å². The quantitative estimate of drug-likeness (QED) is 0.634. The van der Waals surface area contributed by atoms with Gasteiger partial charge < -0.3 is 10.3 Å². The molecule has 3 rings (SSSR count). The number of rotatable bonds is 8. The van der Waals surface area contributed by atoms with Crippen LogP contribution in [0.15, 0.2) is 4.79 Å². The fourth-order valence-corrected chi connectivity index (χ4v) is 5.16. The zero-order valence-corrected chi connectivity index (χ0v) is 19.0. The number of aryl methyl sites for hydroxylation is 2. The molecular formula is C22H34N4O2S. The summed E-state index contributed by atoms with van der Waals surface area (Å²) in [4.78, 5) is 37.2. The van der Waals surface area contributed by atoms with Crippen molar-refractivity contribution in [1.82, 2.24) is 20.2 Å². The average Bonchev–Trinajstić information content (AvgIpc) is 3.01. The summed E-state index contributed by atoms with van der Waals surface area (Å²) in [5.41, 5.74) is 0.962. The molecule has 3 heterocycles. The molecule has 29 heavy (non-hydrogen) atoms. The Morgan fingerprint density at radius 2 is 2.14 bits per heavy atom. The van der Waals surface area contributed by atoms with E-state index in [0.717, 1.165) is 47.6 Å². The summed E-state index contributed by atoms with van der Waals surface area (Å²) in [6.07, 6.45) is 6.57. The van der Waals surface area contributed by atoms with Gasteiger partial charge in [0.1, 0.15) is 10.7 Å². The monoisotopic (exact) mass is 418 g/mol. The normalized spacial score (nSPS) is 18.8. The van der Waals surface area contributed by atoms with Gasteiger partial charge in [0.05, 0.1) is 17.3 Å². The predicted molar refractivity (Wildman–Crippen MR) is 120 cm³/mol. The smallest absolute Gasteiger partial charge is 0.259 e. The predicted octanol–water partition coefficient (Wildman–Crippen LogP) is 4.07. The van der Waals surface area contributed by atoms with Crippen LogP contribution in [0.5, 0.6) is 0 Å². The van der Waals surface area contributed by atoms with Crippen LogP contribution in [0.4, 0.5) is 0 Å². The minimum atomic E-state index is -0.0583. The second kappa shape index (κ2) is 9.85. The van der Waals surface area contributed by atoms with Crippen LogP contribution in [0, 0.1) is 19.8 Å². The maximum Gasteiger partial charge on any atom is 0.259 e. The van der Waals surface area contributed by atoms with Gasteiger partial charge in [-0.2, -0.15) is 0 Å². The first-order valence-corrected chi connectivity index (χ1v) is 11.8. The van der Waals surface area contributed by atoms with Gasteiger partial charge in [-0.05, 0) is 52.1 Å². The Kier molecular flexibility index (Phi) is 7.46.